The summed E-state index contributed by atoms with van der Waals surface area (Å²) in [6.45, 7) is 2.13. The van der Waals surface area contributed by atoms with Gasteiger partial charge in [0.15, 0.2) is 0 Å². The van der Waals surface area contributed by atoms with Gasteiger partial charge < -0.3 is 0 Å². The van der Waals surface area contributed by atoms with Crippen LogP contribution in [0.3, 0.4) is 0 Å². The Morgan fingerprint density at radius 3 is 2.78 bits per heavy atom. The maximum absolute atomic E-state index is 10.7. The summed E-state index contributed by atoms with van der Waals surface area (Å²) in [6, 6.07) is 4.96. The van der Waals surface area contributed by atoms with Crippen LogP contribution in [-0.4, -0.2) is 11.2 Å². The van der Waals surface area contributed by atoms with Gasteiger partial charge in [0.1, 0.15) is 0 Å². The van der Waals surface area contributed by atoms with Crippen molar-refractivity contribution in [2.75, 3.05) is 6.26 Å². The maximum atomic E-state index is 10.7. The fourth-order valence-corrected chi connectivity index (χ4v) is 2.13. The van der Waals surface area contributed by atoms with Gasteiger partial charge in [0.05, 0.1) is 4.92 Å². The van der Waals surface area contributed by atoms with Crippen LogP contribution >= 0.6 is 11.8 Å². The van der Waals surface area contributed by atoms with Crippen LogP contribution in [-0.2, 0) is 6.42 Å². The average Bonchev–Trinajstić information content (AvgIpc) is 2.38. The summed E-state index contributed by atoms with van der Waals surface area (Å²) in [5, 5.41) is 10.7. The Morgan fingerprint density at radius 2 is 2.17 bits per heavy atom. The number of hydrogen-bond acceptors (Lipinski definition) is 3. The molecule has 0 spiro atoms. The molecule has 0 radical (unpaired) electrons. The lowest BCUT2D eigenvalue weighted by atomic mass is 10.1. The minimum atomic E-state index is -0.363. The van der Waals surface area contributed by atoms with Crippen molar-refractivity contribution in [1.82, 2.24) is 0 Å². The molecule has 0 aliphatic rings. The van der Waals surface area contributed by atoms with Crippen LogP contribution in [0, 0.1) is 22.0 Å². The molecule has 0 aliphatic heterocycles. The number of unbranched alkanes of at least 4 members (excludes halogenated alkanes) is 2. The SMILES string of the molecule is CCCCC#CCc1cc([N+](=O)[O-])ccc1SC. The fraction of sp³-hybridized carbons (Fsp3) is 0.429. The quantitative estimate of drug-likeness (QED) is 0.264. The number of nitro groups is 1. The summed E-state index contributed by atoms with van der Waals surface area (Å²) in [5.41, 5.74) is 1.08. The predicted octanol–water partition coefficient (Wildman–Crippen LogP) is 4.05. The van der Waals surface area contributed by atoms with Crippen LogP contribution in [0.2, 0.25) is 0 Å². The number of hydrogen-bond donors (Lipinski definition) is 0. The second kappa shape index (κ2) is 7.78. The van der Waals surface area contributed by atoms with Crippen molar-refractivity contribution in [2.24, 2.45) is 0 Å². The second-order valence-electron chi connectivity index (χ2n) is 3.89. The number of non-ortho nitro benzene ring substituents is 1. The molecular formula is C14H17NO2S. The third-order valence-electron chi connectivity index (χ3n) is 2.53. The van der Waals surface area contributed by atoms with Crippen molar-refractivity contribution in [3.05, 3.63) is 33.9 Å². The summed E-state index contributed by atoms with van der Waals surface area (Å²) in [4.78, 5) is 11.4. The number of nitro benzene ring substituents is 1. The van der Waals surface area contributed by atoms with Crippen molar-refractivity contribution in [2.45, 2.75) is 37.5 Å². The lowest BCUT2D eigenvalue weighted by molar-refractivity contribution is -0.385. The first-order chi connectivity index (χ1) is 8.69. The van der Waals surface area contributed by atoms with E-state index in [4.69, 9.17) is 0 Å². The van der Waals surface area contributed by atoms with Crippen molar-refractivity contribution in [1.29, 1.82) is 0 Å². The molecule has 0 heterocycles. The molecule has 0 unspecified atom stereocenters. The normalized spacial score (nSPS) is 9.67. The molecule has 18 heavy (non-hydrogen) atoms. The first-order valence-electron chi connectivity index (χ1n) is 5.96. The fourth-order valence-electron chi connectivity index (χ4n) is 1.53. The molecule has 0 aromatic heterocycles. The summed E-state index contributed by atoms with van der Waals surface area (Å²) < 4.78 is 0. The van der Waals surface area contributed by atoms with E-state index in [0.717, 1.165) is 29.7 Å². The van der Waals surface area contributed by atoms with E-state index in [1.54, 1.807) is 30.0 Å². The first kappa shape index (κ1) is 14.6. The zero-order valence-corrected chi connectivity index (χ0v) is 11.5. The first-order valence-corrected chi connectivity index (χ1v) is 7.18. The van der Waals surface area contributed by atoms with E-state index < -0.39 is 0 Å². The summed E-state index contributed by atoms with van der Waals surface area (Å²) in [5.74, 6) is 6.20. The molecule has 0 amide bonds. The standard InChI is InChI=1S/C14H17NO2S/c1-3-4-5-6-7-8-12-11-13(15(16)17)9-10-14(12)18-2/h9-11H,3-5,8H2,1-2H3. The molecule has 1 aromatic carbocycles. The van der Waals surface area contributed by atoms with Crippen molar-refractivity contribution >= 4 is 17.4 Å². The highest BCUT2D eigenvalue weighted by molar-refractivity contribution is 7.98. The van der Waals surface area contributed by atoms with Gasteiger partial charge in [-0.1, -0.05) is 19.3 Å². The highest BCUT2D eigenvalue weighted by Crippen LogP contribution is 2.25. The molecule has 1 aromatic rings. The molecule has 0 saturated heterocycles. The topological polar surface area (TPSA) is 43.1 Å². The highest BCUT2D eigenvalue weighted by atomic mass is 32.2. The summed E-state index contributed by atoms with van der Waals surface area (Å²) in [6.07, 6.45) is 5.70. The predicted molar refractivity (Wildman–Crippen MR) is 75.9 cm³/mol. The number of nitrogens with zero attached hydrogens (tertiary/aromatic N) is 1. The van der Waals surface area contributed by atoms with E-state index in [9.17, 15) is 10.1 Å². The van der Waals surface area contributed by atoms with Crippen LogP contribution in [0.4, 0.5) is 5.69 Å². The third-order valence-corrected chi connectivity index (χ3v) is 3.37. The second-order valence-corrected chi connectivity index (χ2v) is 4.74. The Hall–Kier alpha value is -1.47. The third kappa shape index (κ3) is 4.42. The number of rotatable bonds is 5. The Kier molecular flexibility index (Phi) is 6.31. The number of benzene rings is 1. The van der Waals surface area contributed by atoms with Gasteiger partial charge in [0.2, 0.25) is 0 Å². The van der Waals surface area contributed by atoms with Crippen molar-refractivity contribution in [3.63, 3.8) is 0 Å². The minimum absolute atomic E-state index is 0.137. The Bertz CT molecular complexity index is 474. The lowest BCUT2D eigenvalue weighted by Gasteiger charge is -2.03. The maximum Gasteiger partial charge on any atom is 0.269 e. The zero-order chi connectivity index (χ0) is 13.4. The molecule has 0 saturated carbocycles. The monoisotopic (exact) mass is 263 g/mol. The van der Waals surface area contributed by atoms with E-state index in [2.05, 4.69) is 18.8 Å². The summed E-state index contributed by atoms with van der Waals surface area (Å²) in [7, 11) is 0. The van der Waals surface area contributed by atoms with Gasteiger partial charge in [0, 0.05) is 29.9 Å². The van der Waals surface area contributed by atoms with Crippen molar-refractivity contribution < 1.29 is 4.92 Å². The molecule has 3 nitrogen and oxygen atoms in total. The van der Waals surface area contributed by atoms with E-state index in [1.165, 1.54) is 0 Å². The molecule has 1 rings (SSSR count). The highest BCUT2D eigenvalue weighted by Gasteiger charge is 2.09. The van der Waals surface area contributed by atoms with Crippen LogP contribution < -0.4 is 0 Å². The molecule has 0 bridgehead atoms. The molecule has 0 N–H and O–H groups in total. The average molecular weight is 263 g/mol. The van der Waals surface area contributed by atoms with Crippen LogP contribution in [0.25, 0.3) is 0 Å². The van der Waals surface area contributed by atoms with Gasteiger partial charge >= 0.3 is 0 Å². The van der Waals surface area contributed by atoms with E-state index in [-0.39, 0.29) is 10.6 Å². The summed E-state index contributed by atoms with van der Waals surface area (Å²) >= 11 is 1.59. The van der Waals surface area contributed by atoms with Crippen LogP contribution in [0.15, 0.2) is 23.1 Å². The Morgan fingerprint density at radius 1 is 1.39 bits per heavy atom. The van der Waals surface area contributed by atoms with E-state index >= 15 is 0 Å². The smallest absolute Gasteiger partial charge is 0.258 e. The molecule has 4 heteroatoms. The molecule has 0 atom stereocenters. The molecule has 0 fully saturated rings. The lowest BCUT2D eigenvalue weighted by Crippen LogP contribution is -1.92. The van der Waals surface area contributed by atoms with Crippen LogP contribution in [0.1, 0.15) is 31.7 Å². The van der Waals surface area contributed by atoms with Crippen molar-refractivity contribution in [3.8, 4) is 11.8 Å². The van der Waals surface area contributed by atoms with Gasteiger partial charge in [-0.2, -0.15) is 0 Å². The largest absolute Gasteiger partial charge is 0.269 e. The van der Waals surface area contributed by atoms with E-state index in [1.807, 2.05) is 6.26 Å². The van der Waals surface area contributed by atoms with Gasteiger partial charge in [-0.15, -0.1) is 17.7 Å². The minimum Gasteiger partial charge on any atom is -0.258 e. The number of thioether (sulfide) groups is 1. The molecule has 0 aliphatic carbocycles. The molecular weight excluding hydrogens is 246 g/mol. The van der Waals surface area contributed by atoms with Gasteiger partial charge in [0.25, 0.3) is 5.69 Å². The van der Waals surface area contributed by atoms with Gasteiger partial charge in [-0.3, -0.25) is 10.1 Å². The Labute approximate surface area is 112 Å². The zero-order valence-electron chi connectivity index (χ0n) is 10.7. The Balaban J connectivity index is 2.80. The van der Waals surface area contributed by atoms with Crippen LogP contribution in [0.5, 0.6) is 0 Å². The van der Waals surface area contributed by atoms with E-state index in [0.29, 0.717) is 6.42 Å². The molecule has 96 valence electrons. The van der Waals surface area contributed by atoms with Gasteiger partial charge in [-0.25, -0.2) is 0 Å². The van der Waals surface area contributed by atoms with Gasteiger partial charge in [-0.05, 0) is 24.3 Å².